The number of hydrogen-bond donors (Lipinski definition) is 1. The van der Waals surface area contributed by atoms with E-state index >= 15 is 0 Å². The average Bonchev–Trinajstić information content (AvgIpc) is 2.48. The lowest BCUT2D eigenvalue weighted by Gasteiger charge is -2.26. The van der Waals surface area contributed by atoms with Gasteiger partial charge in [0, 0.05) is 10.0 Å². The van der Waals surface area contributed by atoms with E-state index in [0.29, 0.717) is 10.6 Å². The Morgan fingerprint density at radius 2 is 2.10 bits per heavy atom. The highest BCUT2D eigenvalue weighted by Crippen LogP contribution is 2.27. The van der Waals surface area contributed by atoms with Gasteiger partial charge in [-0.25, -0.2) is 0 Å². The standard InChI is InChI=1S/C15H16BrClN2O/c16-12-7-6-11(8-13(12)17)15(20)19-14(9-18)10-4-2-1-3-5-10/h6-8,10,14H,1-5H2,(H,19,20). The Morgan fingerprint density at radius 3 is 2.70 bits per heavy atom. The minimum absolute atomic E-state index is 0.239. The van der Waals surface area contributed by atoms with Gasteiger partial charge in [0.25, 0.3) is 5.91 Å². The zero-order valence-electron chi connectivity index (χ0n) is 11.0. The fraction of sp³-hybridized carbons (Fsp3) is 0.467. The van der Waals surface area contributed by atoms with Gasteiger partial charge in [0.05, 0.1) is 11.1 Å². The molecular weight excluding hydrogens is 340 g/mol. The summed E-state index contributed by atoms with van der Waals surface area (Å²) in [5, 5.41) is 12.6. The predicted molar refractivity (Wildman–Crippen MR) is 82.6 cm³/mol. The number of nitrogens with zero attached hydrogens (tertiary/aromatic N) is 1. The fourth-order valence-electron chi connectivity index (χ4n) is 2.58. The number of halogens is 2. The maximum absolute atomic E-state index is 12.2. The molecule has 20 heavy (non-hydrogen) atoms. The number of hydrogen-bond acceptors (Lipinski definition) is 2. The first-order valence-corrected chi connectivity index (χ1v) is 7.94. The Morgan fingerprint density at radius 1 is 1.40 bits per heavy atom. The third-order valence-electron chi connectivity index (χ3n) is 3.73. The van der Waals surface area contributed by atoms with Crippen molar-refractivity contribution in [3.8, 4) is 6.07 Å². The zero-order valence-corrected chi connectivity index (χ0v) is 13.4. The van der Waals surface area contributed by atoms with E-state index < -0.39 is 6.04 Å². The quantitative estimate of drug-likeness (QED) is 0.878. The van der Waals surface area contributed by atoms with Gasteiger partial charge in [-0.3, -0.25) is 4.79 Å². The van der Waals surface area contributed by atoms with Crippen LogP contribution in [0.25, 0.3) is 0 Å². The van der Waals surface area contributed by atoms with Gasteiger partial charge in [-0.1, -0.05) is 30.9 Å². The molecule has 3 nitrogen and oxygen atoms in total. The second-order valence-electron chi connectivity index (χ2n) is 5.11. The molecule has 0 aromatic heterocycles. The van der Waals surface area contributed by atoms with Crippen LogP contribution < -0.4 is 5.32 Å². The summed E-state index contributed by atoms with van der Waals surface area (Å²) in [5.74, 6) is 0.0279. The Labute approximate surface area is 132 Å². The molecule has 0 radical (unpaired) electrons. The molecule has 0 bridgehead atoms. The summed E-state index contributed by atoms with van der Waals surface area (Å²) in [6.45, 7) is 0. The highest BCUT2D eigenvalue weighted by molar-refractivity contribution is 9.10. The van der Waals surface area contributed by atoms with Crippen LogP contribution in [0.3, 0.4) is 0 Å². The van der Waals surface area contributed by atoms with Gasteiger partial charge in [-0.05, 0) is 52.9 Å². The van der Waals surface area contributed by atoms with Gasteiger partial charge >= 0.3 is 0 Å². The van der Waals surface area contributed by atoms with Crippen LogP contribution in [0, 0.1) is 17.2 Å². The van der Waals surface area contributed by atoms with Gasteiger partial charge in [-0.15, -0.1) is 0 Å². The summed E-state index contributed by atoms with van der Waals surface area (Å²) in [6, 6.07) is 6.85. The van der Waals surface area contributed by atoms with E-state index in [1.54, 1.807) is 18.2 Å². The van der Waals surface area contributed by atoms with E-state index in [4.69, 9.17) is 11.6 Å². The van der Waals surface area contributed by atoms with Crippen molar-refractivity contribution in [1.29, 1.82) is 5.26 Å². The normalized spacial score (nSPS) is 17.2. The van der Waals surface area contributed by atoms with E-state index in [-0.39, 0.29) is 11.8 Å². The molecule has 0 aliphatic heterocycles. The lowest BCUT2D eigenvalue weighted by Crippen LogP contribution is -2.40. The van der Waals surface area contributed by atoms with Crippen molar-refractivity contribution in [2.75, 3.05) is 0 Å². The second-order valence-corrected chi connectivity index (χ2v) is 6.37. The van der Waals surface area contributed by atoms with Crippen molar-refractivity contribution >= 4 is 33.4 Å². The molecule has 106 valence electrons. The van der Waals surface area contributed by atoms with Gasteiger partial charge in [0.1, 0.15) is 6.04 Å². The molecule has 1 aromatic rings. The van der Waals surface area contributed by atoms with Gasteiger partial charge in [0.2, 0.25) is 0 Å². The molecule has 1 fully saturated rings. The fourth-order valence-corrected chi connectivity index (χ4v) is 3.01. The Balaban J connectivity index is 2.05. The van der Waals surface area contributed by atoms with Gasteiger partial charge in [0.15, 0.2) is 0 Å². The third kappa shape index (κ3) is 3.74. The van der Waals surface area contributed by atoms with Crippen molar-refractivity contribution in [3.63, 3.8) is 0 Å². The zero-order chi connectivity index (χ0) is 14.5. The third-order valence-corrected chi connectivity index (χ3v) is 4.96. The summed E-state index contributed by atoms with van der Waals surface area (Å²) < 4.78 is 0.750. The maximum atomic E-state index is 12.2. The van der Waals surface area contributed by atoms with Crippen LogP contribution in [0.1, 0.15) is 42.5 Å². The molecule has 1 aromatic carbocycles. The smallest absolute Gasteiger partial charge is 0.252 e. The molecule has 1 aliphatic carbocycles. The molecular formula is C15H16BrClN2O. The first kappa shape index (κ1) is 15.3. The highest BCUT2D eigenvalue weighted by atomic mass is 79.9. The predicted octanol–water partition coefficient (Wildman–Crippen LogP) is 4.30. The topological polar surface area (TPSA) is 52.9 Å². The summed E-state index contributed by atoms with van der Waals surface area (Å²) in [7, 11) is 0. The molecule has 0 saturated heterocycles. The molecule has 2 rings (SSSR count). The Bertz CT molecular complexity index is 535. The van der Waals surface area contributed by atoms with Crippen molar-refractivity contribution in [2.45, 2.75) is 38.1 Å². The summed E-state index contributed by atoms with van der Waals surface area (Å²) in [4.78, 5) is 12.2. The number of benzene rings is 1. The van der Waals surface area contributed by atoms with Gasteiger partial charge in [-0.2, -0.15) is 5.26 Å². The molecule has 0 spiro atoms. The monoisotopic (exact) mass is 354 g/mol. The van der Waals surface area contributed by atoms with E-state index in [1.165, 1.54) is 6.42 Å². The molecule has 1 unspecified atom stereocenters. The van der Waals surface area contributed by atoms with E-state index in [2.05, 4.69) is 27.3 Å². The summed E-state index contributed by atoms with van der Waals surface area (Å²) >= 11 is 9.27. The van der Waals surface area contributed by atoms with E-state index in [1.807, 2.05) is 0 Å². The minimum Gasteiger partial charge on any atom is -0.336 e. The van der Waals surface area contributed by atoms with Crippen molar-refractivity contribution in [2.24, 2.45) is 5.92 Å². The average molecular weight is 356 g/mol. The number of nitriles is 1. The molecule has 1 N–H and O–H groups in total. The van der Waals surface area contributed by atoms with E-state index in [9.17, 15) is 10.1 Å². The molecule has 1 saturated carbocycles. The largest absolute Gasteiger partial charge is 0.336 e. The lowest BCUT2D eigenvalue weighted by molar-refractivity contribution is 0.0929. The highest BCUT2D eigenvalue weighted by Gasteiger charge is 2.25. The molecule has 1 aliphatic rings. The first-order valence-electron chi connectivity index (χ1n) is 6.77. The summed E-state index contributed by atoms with van der Waals surface area (Å²) in [5.41, 5.74) is 0.481. The maximum Gasteiger partial charge on any atom is 0.252 e. The van der Waals surface area contributed by atoms with Crippen LogP contribution in [0.2, 0.25) is 5.02 Å². The van der Waals surface area contributed by atoms with Crippen LogP contribution in [0.5, 0.6) is 0 Å². The van der Waals surface area contributed by atoms with Crippen molar-refractivity contribution in [3.05, 3.63) is 33.3 Å². The molecule has 0 heterocycles. The first-order chi connectivity index (χ1) is 9.61. The minimum atomic E-state index is -0.412. The van der Waals surface area contributed by atoms with Crippen molar-refractivity contribution < 1.29 is 4.79 Å². The van der Waals surface area contributed by atoms with Crippen LogP contribution >= 0.6 is 27.5 Å². The molecule has 1 atom stereocenters. The number of carbonyl (C=O) groups excluding carboxylic acids is 1. The Hall–Kier alpha value is -1.05. The summed E-state index contributed by atoms with van der Waals surface area (Å²) in [6.07, 6.45) is 5.54. The van der Waals surface area contributed by atoms with E-state index in [0.717, 1.165) is 30.2 Å². The second kappa shape index (κ2) is 7.10. The van der Waals surface area contributed by atoms with Crippen LogP contribution in [-0.2, 0) is 0 Å². The number of amides is 1. The van der Waals surface area contributed by atoms with Gasteiger partial charge < -0.3 is 5.32 Å². The van der Waals surface area contributed by atoms with Crippen LogP contribution in [-0.4, -0.2) is 11.9 Å². The SMILES string of the molecule is N#CC(NC(=O)c1ccc(Br)c(Cl)c1)C1CCCCC1. The Kier molecular flexibility index (Phi) is 5.45. The van der Waals surface area contributed by atoms with Crippen molar-refractivity contribution in [1.82, 2.24) is 5.32 Å². The molecule has 1 amide bonds. The van der Waals surface area contributed by atoms with Crippen LogP contribution in [0.4, 0.5) is 0 Å². The van der Waals surface area contributed by atoms with Crippen LogP contribution in [0.15, 0.2) is 22.7 Å². The molecule has 5 heteroatoms. The number of carbonyl (C=O) groups is 1. The number of nitrogens with one attached hydrogen (secondary N) is 1. The lowest BCUT2D eigenvalue weighted by atomic mass is 9.84. The number of rotatable bonds is 3.